The Morgan fingerprint density at radius 1 is 1.33 bits per heavy atom. The van der Waals surface area contributed by atoms with Crippen molar-refractivity contribution in [3.05, 3.63) is 35.9 Å². The van der Waals surface area contributed by atoms with Crippen molar-refractivity contribution in [1.82, 2.24) is 5.32 Å². The molecular formula is C13H19NO. The van der Waals surface area contributed by atoms with Crippen molar-refractivity contribution in [3.63, 3.8) is 0 Å². The van der Waals surface area contributed by atoms with E-state index in [1.54, 1.807) is 0 Å². The van der Waals surface area contributed by atoms with Gasteiger partial charge in [0.25, 0.3) is 0 Å². The molecule has 0 aliphatic rings. The predicted octanol–water partition coefficient (Wildman–Crippen LogP) is 2.04. The van der Waals surface area contributed by atoms with Crippen LogP contribution in [0.15, 0.2) is 30.3 Å². The van der Waals surface area contributed by atoms with Gasteiger partial charge >= 0.3 is 0 Å². The third kappa shape index (κ3) is 5.33. The van der Waals surface area contributed by atoms with E-state index in [1.807, 2.05) is 6.07 Å². The Morgan fingerprint density at radius 2 is 2.07 bits per heavy atom. The van der Waals surface area contributed by atoms with Crippen LogP contribution in [0.2, 0.25) is 0 Å². The Bertz CT molecular complexity index is 271. The van der Waals surface area contributed by atoms with E-state index in [0.717, 1.165) is 25.7 Å². The second kappa shape index (κ2) is 7.18. The maximum absolute atomic E-state index is 10.1. The molecule has 1 atom stereocenters. The molecule has 0 radical (unpaired) electrons. The van der Waals surface area contributed by atoms with Crippen LogP contribution >= 0.6 is 0 Å². The summed E-state index contributed by atoms with van der Waals surface area (Å²) >= 11 is 0. The van der Waals surface area contributed by atoms with E-state index in [9.17, 15) is 4.79 Å². The van der Waals surface area contributed by atoms with Crippen molar-refractivity contribution in [3.8, 4) is 0 Å². The van der Waals surface area contributed by atoms with Crippen molar-refractivity contribution in [2.75, 3.05) is 13.1 Å². The summed E-state index contributed by atoms with van der Waals surface area (Å²) in [7, 11) is 0. The number of aldehydes is 1. The monoisotopic (exact) mass is 205 g/mol. The lowest BCUT2D eigenvalue weighted by Crippen LogP contribution is -2.19. The molecule has 15 heavy (non-hydrogen) atoms. The Labute approximate surface area is 91.7 Å². The predicted molar refractivity (Wildman–Crippen MR) is 62.9 cm³/mol. The highest BCUT2D eigenvalue weighted by molar-refractivity contribution is 5.51. The summed E-state index contributed by atoms with van der Waals surface area (Å²) in [5.74, 6) is 0.659. The molecule has 1 aromatic rings. The second-order valence-corrected chi connectivity index (χ2v) is 3.95. The first-order valence-corrected chi connectivity index (χ1v) is 5.51. The summed E-state index contributed by atoms with van der Waals surface area (Å²) in [6, 6.07) is 10.5. The van der Waals surface area contributed by atoms with Crippen LogP contribution in [0.4, 0.5) is 0 Å². The van der Waals surface area contributed by atoms with Gasteiger partial charge in [-0.3, -0.25) is 0 Å². The van der Waals surface area contributed by atoms with E-state index in [-0.39, 0.29) is 0 Å². The van der Waals surface area contributed by atoms with Crippen LogP contribution in [0.25, 0.3) is 0 Å². The van der Waals surface area contributed by atoms with E-state index in [2.05, 4.69) is 36.5 Å². The van der Waals surface area contributed by atoms with Crippen LogP contribution in [-0.2, 0) is 11.2 Å². The largest absolute Gasteiger partial charge is 0.310 e. The van der Waals surface area contributed by atoms with Gasteiger partial charge in [0.15, 0.2) is 0 Å². The lowest BCUT2D eigenvalue weighted by atomic mass is 9.98. The van der Waals surface area contributed by atoms with Gasteiger partial charge in [-0.25, -0.2) is 0 Å². The summed E-state index contributed by atoms with van der Waals surface area (Å²) in [4.78, 5) is 10.1. The number of hydrogen-bond donors (Lipinski definition) is 1. The van der Waals surface area contributed by atoms with Crippen molar-refractivity contribution in [2.24, 2.45) is 5.92 Å². The molecule has 82 valence electrons. The molecule has 0 bridgehead atoms. The van der Waals surface area contributed by atoms with Gasteiger partial charge in [0.1, 0.15) is 6.29 Å². The SMILES string of the molecule is C[C@H](CCNCC=O)Cc1ccccc1. The Kier molecular flexibility index (Phi) is 5.71. The second-order valence-electron chi connectivity index (χ2n) is 3.95. The molecule has 0 aliphatic heterocycles. The van der Waals surface area contributed by atoms with Crippen LogP contribution in [0.3, 0.4) is 0 Å². The zero-order valence-electron chi connectivity index (χ0n) is 9.28. The highest BCUT2D eigenvalue weighted by Gasteiger charge is 2.02. The summed E-state index contributed by atoms with van der Waals surface area (Å²) in [6.07, 6.45) is 3.13. The summed E-state index contributed by atoms with van der Waals surface area (Å²) in [5.41, 5.74) is 1.39. The first-order valence-electron chi connectivity index (χ1n) is 5.51. The van der Waals surface area contributed by atoms with Crippen LogP contribution in [0.1, 0.15) is 18.9 Å². The van der Waals surface area contributed by atoms with Gasteiger partial charge in [0.05, 0.1) is 6.54 Å². The van der Waals surface area contributed by atoms with Gasteiger partial charge in [0.2, 0.25) is 0 Å². The van der Waals surface area contributed by atoms with Crippen LogP contribution in [0, 0.1) is 5.92 Å². The molecule has 0 amide bonds. The first-order chi connectivity index (χ1) is 7.33. The van der Waals surface area contributed by atoms with Crippen LogP contribution in [0.5, 0.6) is 0 Å². The summed E-state index contributed by atoms with van der Waals surface area (Å²) < 4.78 is 0. The lowest BCUT2D eigenvalue weighted by molar-refractivity contribution is -0.107. The average Bonchev–Trinajstić information content (AvgIpc) is 2.26. The molecule has 0 saturated carbocycles. The highest BCUT2D eigenvalue weighted by atomic mass is 16.1. The van der Waals surface area contributed by atoms with Gasteiger partial charge in [-0.15, -0.1) is 0 Å². The number of rotatable bonds is 7. The fourth-order valence-corrected chi connectivity index (χ4v) is 1.63. The normalized spacial score (nSPS) is 12.3. The molecule has 0 spiro atoms. The van der Waals surface area contributed by atoms with Crippen molar-refractivity contribution in [1.29, 1.82) is 0 Å². The van der Waals surface area contributed by atoms with E-state index < -0.39 is 0 Å². The number of carbonyl (C=O) groups excluding carboxylic acids is 1. The number of nitrogens with one attached hydrogen (secondary N) is 1. The molecule has 0 heterocycles. The van der Waals surface area contributed by atoms with Crippen LogP contribution < -0.4 is 5.32 Å². The number of carbonyl (C=O) groups is 1. The fourth-order valence-electron chi connectivity index (χ4n) is 1.63. The molecule has 1 aromatic carbocycles. The molecule has 0 unspecified atom stereocenters. The molecule has 0 aromatic heterocycles. The Hall–Kier alpha value is -1.15. The zero-order valence-corrected chi connectivity index (χ0v) is 9.28. The molecule has 2 heteroatoms. The van der Waals surface area contributed by atoms with Crippen molar-refractivity contribution < 1.29 is 4.79 Å². The Balaban J connectivity index is 2.18. The van der Waals surface area contributed by atoms with Gasteiger partial charge < -0.3 is 10.1 Å². The van der Waals surface area contributed by atoms with Gasteiger partial charge in [0, 0.05) is 0 Å². The summed E-state index contributed by atoms with van der Waals surface area (Å²) in [5, 5.41) is 3.08. The smallest absolute Gasteiger partial charge is 0.133 e. The average molecular weight is 205 g/mol. The fraction of sp³-hybridized carbons (Fsp3) is 0.462. The Morgan fingerprint density at radius 3 is 2.73 bits per heavy atom. The zero-order chi connectivity index (χ0) is 10.9. The number of benzene rings is 1. The molecule has 2 nitrogen and oxygen atoms in total. The lowest BCUT2D eigenvalue weighted by Gasteiger charge is -2.11. The third-order valence-electron chi connectivity index (χ3n) is 2.47. The van der Waals surface area contributed by atoms with Gasteiger partial charge in [-0.1, -0.05) is 37.3 Å². The topological polar surface area (TPSA) is 29.1 Å². The van der Waals surface area contributed by atoms with Gasteiger partial charge in [-0.2, -0.15) is 0 Å². The quantitative estimate of drug-likeness (QED) is 0.545. The maximum atomic E-state index is 10.1. The molecular weight excluding hydrogens is 186 g/mol. The molecule has 0 saturated heterocycles. The van der Waals surface area contributed by atoms with Gasteiger partial charge in [-0.05, 0) is 30.9 Å². The minimum Gasteiger partial charge on any atom is -0.310 e. The van der Waals surface area contributed by atoms with Crippen LogP contribution in [-0.4, -0.2) is 19.4 Å². The minimum absolute atomic E-state index is 0.470. The standard InChI is InChI=1S/C13H19NO/c1-12(7-8-14-9-10-15)11-13-5-3-2-4-6-13/h2-6,10,12,14H,7-9,11H2,1H3/t12-/m1/s1. The van der Waals surface area contributed by atoms with Crippen molar-refractivity contribution in [2.45, 2.75) is 19.8 Å². The maximum Gasteiger partial charge on any atom is 0.133 e. The number of hydrogen-bond acceptors (Lipinski definition) is 2. The highest BCUT2D eigenvalue weighted by Crippen LogP contribution is 2.10. The third-order valence-corrected chi connectivity index (χ3v) is 2.47. The van der Waals surface area contributed by atoms with E-state index in [1.165, 1.54) is 5.56 Å². The van der Waals surface area contributed by atoms with E-state index in [0.29, 0.717) is 12.5 Å². The summed E-state index contributed by atoms with van der Waals surface area (Å²) in [6.45, 7) is 3.64. The van der Waals surface area contributed by atoms with Crippen molar-refractivity contribution >= 4 is 6.29 Å². The first kappa shape index (κ1) is 11.9. The minimum atomic E-state index is 0.470. The molecule has 0 fully saturated rings. The molecule has 0 aliphatic carbocycles. The van der Waals surface area contributed by atoms with E-state index >= 15 is 0 Å². The molecule has 1 N–H and O–H groups in total. The van der Waals surface area contributed by atoms with E-state index in [4.69, 9.17) is 0 Å². The molecule has 1 rings (SSSR count).